The molecule has 0 bridgehead atoms. The Bertz CT molecular complexity index is 266. The predicted molar refractivity (Wildman–Crippen MR) is 43.6 cm³/mol. The van der Waals surface area contributed by atoms with Crippen LogP contribution < -0.4 is 6.15 Å². The van der Waals surface area contributed by atoms with Crippen molar-refractivity contribution in [1.82, 2.24) is 11.1 Å². The Kier molecular flexibility index (Phi) is 3.63. The van der Waals surface area contributed by atoms with E-state index in [1.54, 1.807) is 0 Å². The summed E-state index contributed by atoms with van der Waals surface area (Å²) >= 11 is 3.01. The molecule has 1 aromatic rings. The third kappa shape index (κ3) is 2.60. The van der Waals surface area contributed by atoms with E-state index in [2.05, 4.69) is 20.9 Å². The first-order valence-corrected chi connectivity index (χ1v) is 3.25. The van der Waals surface area contributed by atoms with Gasteiger partial charge in [-0.3, -0.25) is 10.1 Å². The molecule has 0 aliphatic rings. The van der Waals surface area contributed by atoms with Crippen LogP contribution in [0.5, 0.6) is 0 Å². The molecule has 0 atom stereocenters. The van der Waals surface area contributed by atoms with Crippen LogP contribution in [0, 0.1) is 10.1 Å². The van der Waals surface area contributed by atoms with Gasteiger partial charge in [-0.15, -0.1) is 0 Å². The normalized spacial score (nSPS) is 8.45. The first-order chi connectivity index (χ1) is 4.70. The Morgan fingerprint density at radius 3 is 2.64 bits per heavy atom. The standard InChI is InChI=1S/C5H3BrN2O2.H3N/c6-5-3-4(8(9)10)1-2-7-5;/h1-3H;1H3. The van der Waals surface area contributed by atoms with Crippen LogP contribution in [0.25, 0.3) is 0 Å². The van der Waals surface area contributed by atoms with Crippen molar-refractivity contribution < 1.29 is 4.92 Å². The SMILES string of the molecule is N.O=[N+]([O-])c1ccnc(Br)c1. The van der Waals surface area contributed by atoms with Crippen LogP contribution in [0.2, 0.25) is 0 Å². The second kappa shape index (κ2) is 3.99. The van der Waals surface area contributed by atoms with Gasteiger partial charge in [0.1, 0.15) is 4.60 Å². The van der Waals surface area contributed by atoms with Crippen LogP contribution >= 0.6 is 15.9 Å². The van der Waals surface area contributed by atoms with Gasteiger partial charge in [-0.1, -0.05) is 0 Å². The zero-order chi connectivity index (χ0) is 7.56. The molecule has 0 fully saturated rings. The van der Waals surface area contributed by atoms with Gasteiger partial charge in [0, 0.05) is 18.3 Å². The minimum absolute atomic E-state index is 0. The molecule has 1 aromatic heterocycles. The lowest BCUT2D eigenvalue weighted by Crippen LogP contribution is -1.87. The Morgan fingerprint density at radius 1 is 1.64 bits per heavy atom. The minimum Gasteiger partial charge on any atom is -0.344 e. The van der Waals surface area contributed by atoms with E-state index in [9.17, 15) is 10.1 Å². The number of nitrogens with zero attached hydrogens (tertiary/aromatic N) is 2. The highest BCUT2D eigenvalue weighted by Gasteiger charge is 2.03. The molecule has 11 heavy (non-hydrogen) atoms. The van der Waals surface area contributed by atoms with E-state index in [0.717, 1.165) is 0 Å². The highest BCUT2D eigenvalue weighted by atomic mass is 79.9. The Morgan fingerprint density at radius 2 is 2.27 bits per heavy atom. The van der Waals surface area contributed by atoms with Crippen LogP contribution in [0.1, 0.15) is 0 Å². The van der Waals surface area contributed by atoms with Crippen molar-refractivity contribution in [1.29, 1.82) is 0 Å². The quantitative estimate of drug-likeness (QED) is 0.444. The lowest BCUT2D eigenvalue weighted by molar-refractivity contribution is -0.385. The van der Waals surface area contributed by atoms with Crippen molar-refractivity contribution in [3.63, 3.8) is 0 Å². The van der Waals surface area contributed by atoms with E-state index in [-0.39, 0.29) is 11.8 Å². The molecule has 0 unspecified atom stereocenters. The third-order valence-corrected chi connectivity index (χ3v) is 1.35. The molecule has 0 amide bonds. The number of aromatic nitrogens is 1. The van der Waals surface area contributed by atoms with E-state index in [4.69, 9.17) is 0 Å². The number of nitro groups is 1. The Balaban J connectivity index is 0.000001000. The molecular formula is C5H6BrN3O2. The highest BCUT2D eigenvalue weighted by molar-refractivity contribution is 9.10. The van der Waals surface area contributed by atoms with Crippen LogP contribution in [0.15, 0.2) is 22.9 Å². The molecule has 3 N–H and O–H groups in total. The summed E-state index contributed by atoms with van der Waals surface area (Å²) in [6.45, 7) is 0. The maximum absolute atomic E-state index is 10.1. The average Bonchev–Trinajstić information content (AvgIpc) is 1.88. The van der Waals surface area contributed by atoms with Crippen LogP contribution in [-0.4, -0.2) is 9.91 Å². The van der Waals surface area contributed by atoms with Gasteiger partial charge in [0.15, 0.2) is 0 Å². The first kappa shape index (κ1) is 9.99. The molecule has 5 nitrogen and oxygen atoms in total. The van der Waals surface area contributed by atoms with Gasteiger partial charge in [-0.05, 0) is 15.9 Å². The van der Waals surface area contributed by atoms with E-state index < -0.39 is 4.92 Å². The summed E-state index contributed by atoms with van der Waals surface area (Å²) < 4.78 is 0.474. The van der Waals surface area contributed by atoms with Gasteiger partial charge >= 0.3 is 0 Å². The summed E-state index contributed by atoms with van der Waals surface area (Å²) in [5.41, 5.74) is 0.0434. The van der Waals surface area contributed by atoms with Crippen LogP contribution in [-0.2, 0) is 0 Å². The smallest absolute Gasteiger partial charge is 0.273 e. The molecule has 0 saturated carbocycles. The molecule has 0 aliphatic heterocycles. The van der Waals surface area contributed by atoms with Crippen LogP contribution in [0.3, 0.4) is 0 Å². The lowest BCUT2D eigenvalue weighted by atomic mass is 10.4. The summed E-state index contributed by atoms with van der Waals surface area (Å²) in [5, 5.41) is 10.1. The van der Waals surface area contributed by atoms with Crippen LogP contribution in [0.4, 0.5) is 5.69 Å². The number of pyridine rings is 1. The molecule has 1 heterocycles. The molecule has 6 heteroatoms. The van der Waals surface area contributed by atoms with E-state index in [0.29, 0.717) is 4.60 Å². The first-order valence-electron chi connectivity index (χ1n) is 2.46. The predicted octanol–water partition coefficient (Wildman–Crippen LogP) is 1.91. The fraction of sp³-hybridized carbons (Fsp3) is 0. The topological polar surface area (TPSA) is 91.0 Å². The van der Waals surface area contributed by atoms with Gasteiger partial charge < -0.3 is 6.15 Å². The second-order valence-electron chi connectivity index (χ2n) is 1.59. The summed E-state index contributed by atoms with van der Waals surface area (Å²) in [6, 6.07) is 2.69. The molecule has 0 aliphatic carbocycles. The van der Waals surface area contributed by atoms with E-state index in [1.807, 2.05) is 0 Å². The summed E-state index contributed by atoms with van der Waals surface area (Å²) in [7, 11) is 0. The van der Waals surface area contributed by atoms with Gasteiger partial charge in [-0.2, -0.15) is 0 Å². The van der Waals surface area contributed by atoms with Crippen molar-refractivity contribution in [2.75, 3.05) is 0 Å². The van der Waals surface area contributed by atoms with Gasteiger partial charge in [0.25, 0.3) is 5.69 Å². The molecular weight excluding hydrogens is 214 g/mol. The number of halogens is 1. The summed E-state index contributed by atoms with van der Waals surface area (Å²) in [6.07, 6.45) is 1.38. The molecule has 0 saturated heterocycles. The Labute approximate surface area is 71.3 Å². The lowest BCUT2D eigenvalue weighted by Gasteiger charge is -1.88. The molecule has 0 radical (unpaired) electrons. The number of rotatable bonds is 1. The molecule has 0 spiro atoms. The second-order valence-corrected chi connectivity index (χ2v) is 2.41. The van der Waals surface area contributed by atoms with E-state index in [1.165, 1.54) is 18.3 Å². The van der Waals surface area contributed by atoms with Crippen molar-refractivity contribution in [2.24, 2.45) is 0 Å². The fourth-order valence-electron chi connectivity index (χ4n) is 0.506. The molecule has 1 rings (SSSR count). The van der Waals surface area contributed by atoms with Crippen molar-refractivity contribution in [3.8, 4) is 0 Å². The summed E-state index contributed by atoms with van der Waals surface area (Å²) in [4.78, 5) is 13.4. The molecule has 0 aromatic carbocycles. The number of hydrogen-bond acceptors (Lipinski definition) is 4. The van der Waals surface area contributed by atoms with Crippen molar-refractivity contribution >= 4 is 21.6 Å². The zero-order valence-electron chi connectivity index (χ0n) is 5.53. The number of hydrogen-bond donors (Lipinski definition) is 1. The van der Waals surface area contributed by atoms with Crippen molar-refractivity contribution in [3.05, 3.63) is 33.0 Å². The minimum atomic E-state index is -0.466. The summed E-state index contributed by atoms with van der Waals surface area (Å²) in [5.74, 6) is 0. The third-order valence-electron chi connectivity index (χ3n) is 0.921. The maximum Gasteiger partial charge on any atom is 0.273 e. The maximum atomic E-state index is 10.1. The fourth-order valence-corrected chi connectivity index (χ4v) is 0.859. The monoisotopic (exact) mass is 219 g/mol. The van der Waals surface area contributed by atoms with Crippen molar-refractivity contribution in [2.45, 2.75) is 0 Å². The average molecular weight is 220 g/mol. The van der Waals surface area contributed by atoms with E-state index >= 15 is 0 Å². The van der Waals surface area contributed by atoms with Gasteiger partial charge in [-0.25, -0.2) is 4.98 Å². The van der Waals surface area contributed by atoms with Gasteiger partial charge in [0.2, 0.25) is 0 Å². The molecule has 60 valence electrons. The van der Waals surface area contributed by atoms with Gasteiger partial charge in [0.05, 0.1) is 4.92 Å². The highest BCUT2D eigenvalue weighted by Crippen LogP contribution is 2.13. The Hall–Kier alpha value is -1.01. The zero-order valence-corrected chi connectivity index (χ0v) is 7.11. The largest absolute Gasteiger partial charge is 0.344 e.